The van der Waals surface area contributed by atoms with Gasteiger partial charge in [0.2, 0.25) is 0 Å². The van der Waals surface area contributed by atoms with Crippen molar-refractivity contribution >= 4 is 17.5 Å². The number of ether oxygens (including phenoxy) is 1. The Morgan fingerprint density at radius 3 is 2.59 bits per heavy atom. The first-order valence-electron chi connectivity index (χ1n) is 9.90. The smallest absolute Gasteiger partial charge is 0.263 e. The van der Waals surface area contributed by atoms with Crippen molar-refractivity contribution in [2.45, 2.75) is 26.1 Å². The molecule has 5 nitrogen and oxygen atoms in total. The molecule has 1 atom stereocenters. The van der Waals surface area contributed by atoms with Gasteiger partial charge in [0, 0.05) is 36.0 Å². The van der Waals surface area contributed by atoms with Crippen LogP contribution in [-0.4, -0.2) is 22.8 Å². The molecule has 0 spiro atoms. The molecule has 2 amide bonds. The van der Waals surface area contributed by atoms with Crippen LogP contribution in [0.2, 0.25) is 0 Å². The van der Waals surface area contributed by atoms with E-state index in [9.17, 15) is 22.8 Å². The first-order chi connectivity index (χ1) is 15.3. The lowest BCUT2D eigenvalue weighted by Gasteiger charge is -2.22. The van der Waals surface area contributed by atoms with E-state index in [1.54, 1.807) is 43.3 Å². The minimum atomic E-state index is -0.976. The number of halogens is 3. The zero-order valence-corrected chi connectivity index (χ0v) is 17.1. The van der Waals surface area contributed by atoms with Gasteiger partial charge in [0.15, 0.2) is 6.10 Å². The summed E-state index contributed by atoms with van der Waals surface area (Å²) in [7, 11) is 0. The first kappa shape index (κ1) is 21.4. The van der Waals surface area contributed by atoms with Crippen molar-refractivity contribution < 1.29 is 27.5 Å². The summed E-state index contributed by atoms with van der Waals surface area (Å²) in [4.78, 5) is 26.7. The SMILES string of the molecule is C[C@@H]1Oc2ccc(NC(=O)c3ccc(F)cc3F)cc2CN(Cc2ccccc2F)C1=O. The van der Waals surface area contributed by atoms with Crippen molar-refractivity contribution in [1.29, 1.82) is 0 Å². The number of rotatable bonds is 4. The van der Waals surface area contributed by atoms with Gasteiger partial charge in [-0.25, -0.2) is 13.2 Å². The fourth-order valence-corrected chi connectivity index (χ4v) is 3.52. The fraction of sp³-hybridized carbons (Fsp3) is 0.167. The third-order valence-electron chi connectivity index (χ3n) is 5.14. The van der Waals surface area contributed by atoms with Gasteiger partial charge in [0.1, 0.15) is 23.2 Å². The molecule has 3 aromatic carbocycles. The highest BCUT2D eigenvalue weighted by atomic mass is 19.1. The molecule has 4 rings (SSSR count). The highest BCUT2D eigenvalue weighted by molar-refractivity contribution is 6.04. The lowest BCUT2D eigenvalue weighted by molar-refractivity contribution is -0.138. The van der Waals surface area contributed by atoms with Crippen molar-refractivity contribution in [1.82, 2.24) is 4.90 Å². The van der Waals surface area contributed by atoms with Crippen LogP contribution in [0.25, 0.3) is 0 Å². The molecule has 0 radical (unpaired) electrons. The van der Waals surface area contributed by atoms with Crippen LogP contribution >= 0.6 is 0 Å². The molecule has 0 aliphatic carbocycles. The summed E-state index contributed by atoms with van der Waals surface area (Å²) in [5.41, 5.74) is 1.00. The Morgan fingerprint density at radius 1 is 1.06 bits per heavy atom. The molecule has 1 aliphatic heterocycles. The van der Waals surface area contributed by atoms with Crippen molar-refractivity contribution in [2.75, 3.05) is 5.32 Å². The summed E-state index contributed by atoms with van der Waals surface area (Å²) in [5, 5.41) is 2.56. The number of anilines is 1. The van der Waals surface area contributed by atoms with Crippen LogP contribution < -0.4 is 10.1 Å². The molecule has 1 N–H and O–H groups in total. The Labute approximate surface area is 182 Å². The molecule has 0 fully saturated rings. The predicted octanol–water partition coefficient (Wildman–Crippen LogP) is 4.67. The van der Waals surface area contributed by atoms with E-state index in [0.717, 1.165) is 12.1 Å². The topological polar surface area (TPSA) is 58.6 Å². The minimum absolute atomic E-state index is 0.0516. The summed E-state index contributed by atoms with van der Waals surface area (Å²) in [6.45, 7) is 1.79. The van der Waals surface area contributed by atoms with Crippen LogP contribution in [0.4, 0.5) is 18.9 Å². The van der Waals surface area contributed by atoms with E-state index in [2.05, 4.69) is 5.32 Å². The third kappa shape index (κ3) is 4.44. The van der Waals surface area contributed by atoms with Gasteiger partial charge in [0.25, 0.3) is 11.8 Å². The monoisotopic (exact) mass is 440 g/mol. The number of hydrogen-bond acceptors (Lipinski definition) is 3. The second-order valence-corrected chi connectivity index (χ2v) is 7.45. The normalized spacial score (nSPS) is 15.6. The minimum Gasteiger partial charge on any atom is -0.481 e. The number of benzene rings is 3. The summed E-state index contributed by atoms with van der Waals surface area (Å²) in [6.07, 6.45) is -0.781. The zero-order valence-electron chi connectivity index (χ0n) is 17.1. The van der Waals surface area contributed by atoms with E-state index in [4.69, 9.17) is 4.74 Å². The number of nitrogens with zero attached hydrogens (tertiary/aromatic N) is 1. The maximum absolute atomic E-state index is 14.1. The Kier molecular flexibility index (Phi) is 5.85. The average Bonchev–Trinajstić information content (AvgIpc) is 2.86. The quantitative estimate of drug-likeness (QED) is 0.642. The van der Waals surface area contributed by atoms with E-state index < -0.39 is 29.5 Å². The van der Waals surface area contributed by atoms with Gasteiger partial charge in [-0.05, 0) is 43.3 Å². The number of carbonyl (C=O) groups excluding carboxylic acids is 2. The fourth-order valence-electron chi connectivity index (χ4n) is 3.52. The van der Waals surface area contributed by atoms with Gasteiger partial charge < -0.3 is 15.0 Å². The molecule has 0 bridgehead atoms. The van der Waals surface area contributed by atoms with Gasteiger partial charge >= 0.3 is 0 Å². The number of carbonyl (C=O) groups is 2. The van der Waals surface area contributed by atoms with Crippen LogP contribution in [0.5, 0.6) is 5.75 Å². The summed E-state index contributed by atoms with van der Waals surface area (Å²) in [6, 6.07) is 13.6. The molecule has 32 heavy (non-hydrogen) atoms. The van der Waals surface area contributed by atoms with Crippen molar-refractivity contribution in [3.63, 3.8) is 0 Å². The third-order valence-corrected chi connectivity index (χ3v) is 5.14. The van der Waals surface area contributed by atoms with Gasteiger partial charge in [0.05, 0.1) is 5.56 Å². The lowest BCUT2D eigenvalue weighted by Crippen LogP contribution is -2.37. The maximum Gasteiger partial charge on any atom is 0.263 e. The van der Waals surface area contributed by atoms with E-state index in [1.807, 2.05) is 0 Å². The molecule has 0 aromatic heterocycles. The molecule has 3 aromatic rings. The largest absolute Gasteiger partial charge is 0.481 e. The Bertz CT molecular complexity index is 1200. The Hall–Kier alpha value is -3.81. The Balaban J connectivity index is 1.59. The van der Waals surface area contributed by atoms with Gasteiger partial charge in [-0.3, -0.25) is 9.59 Å². The van der Waals surface area contributed by atoms with Crippen LogP contribution in [-0.2, 0) is 17.9 Å². The first-order valence-corrected chi connectivity index (χ1v) is 9.90. The second-order valence-electron chi connectivity index (χ2n) is 7.45. The van der Waals surface area contributed by atoms with Gasteiger partial charge in [-0.15, -0.1) is 0 Å². The maximum atomic E-state index is 14.1. The van der Waals surface area contributed by atoms with Crippen LogP contribution in [0.1, 0.15) is 28.4 Å². The average molecular weight is 440 g/mol. The van der Waals surface area contributed by atoms with Crippen molar-refractivity contribution in [3.05, 3.63) is 94.8 Å². The molecule has 0 unspecified atom stereocenters. The number of amides is 2. The molecule has 0 saturated heterocycles. The zero-order chi connectivity index (χ0) is 22.8. The summed E-state index contributed by atoms with van der Waals surface area (Å²) >= 11 is 0. The molecule has 1 aliphatic rings. The van der Waals surface area contributed by atoms with Crippen LogP contribution in [0.15, 0.2) is 60.7 Å². The predicted molar refractivity (Wildman–Crippen MR) is 111 cm³/mol. The molecule has 0 saturated carbocycles. The van der Waals surface area contributed by atoms with E-state index in [1.165, 1.54) is 11.0 Å². The second kappa shape index (κ2) is 8.74. The standard InChI is InChI=1S/C24H19F3N2O3/c1-14-24(31)29(12-15-4-2-3-5-20(15)26)13-16-10-18(7-9-22(16)32-14)28-23(30)19-8-6-17(25)11-21(19)27/h2-11,14H,12-13H2,1H3,(H,28,30)/t14-/m0/s1. The number of hydrogen-bond donors (Lipinski definition) is 1. The van der Waals surface area contributed by atoms with E-state index >= 15 is 0 Å². The van der Waals surface area contributed by atoms with E-state index in [0.29, 0.717) is 28.6 Å². The van der Waals surface area contributed by atoms with E-state index in [-0.39, 0.29) is 24.6 Å². The summed E-state index contributed by atoms with van der Waals surface area (Å²) < 4.78 is 46.9. The summed E-state index contributed by atoms with van der Waals surface area (Å²) in [5.74, 6) is -2.77. The van der Waals surface area contributed by atoms with Crippen LogP contribution in [0, 0.1) is 17.5 Å². The van der Waals surface area contributed by atoms with Crippen molar-refractivity contribution in [2.24, 2.45) is 0 Å². The highest BCUT2D eigenvalue weighted by Gasteiger charge is 2.28. The van der Waals surface area contributed by atoms with Crippen molar-refractivity contribution in [3.8, 4) is 5.75 Å². The van der Waals surface area contributed by atoms with Crippen LogP contribution in [0.3, 0.4) is 0 Å². The van der Waals surface area contributed by atoms with Gasteiger partial charge in [-0.1, -0.05) is 18.2 Å². The molecular formula is C24H19F3N2O3. The number of fused-ring (bicyclic) bond motifs is 1. The molecule has 1 heterocycles. The van der Waals surface area contributed by atoms with Gasteiger partial charge in [-0.2, -0.15) is 0 Å². The number of nitrogens with one attached hydrogen (secondary N) is 1. The molecule has 8 heteroatoms. The molecule has 164 valence electrons. The Morgan fingerprint density at radius 2 is 1.84 bits per heavy atom. The lowest BCUT2D eigenvalue weighted by atomic mass is 10.1. The highest BCUT2D eigenvalue weighted by Crippen LogP contribution is 2.30. The molecular weight excluding hydrogens is 421 g/mol.